The number of amides is 2. The van der Waals surface area contributed by atoms with Crippen molar-refractivity contribution in [2.75, 3.05) is 13.2 Å². The molecule has 0 bridgehead atoms. The van der Waals surface area contributed by atoms with Gasteiger partial charge in [-0.1, -0.05) is 41.0 Å². The molecule has 3 heterocycles. The highest BCUT2D eigenvalue weighted by molar-refractivity contribution is 6.30. The standard InChI is InChI=1S/C24H22ClFN4O3/c1-14-20(23-28-22(29-33-23)16-4-2-5-18(26)12-16)21(15-7-9-17(25)10-8-15)27-24(31)30(14)13-19-6-3-11-32-19/h2,4-5,7-10,12,19,21H,3,6,11,13H2,1H3,(H,27,31). The number of rotatable bonds is 5. The molecule has 3 aromatic rings. The summed E-state index contributed by atoms with van der Waals surface area (Å²) in [5, 5.41) is 7.71. The predicted molar refractivity (Wildman–Crippen MR) is 121 cm³/mol. The molecule has 2 aliphatic heterocycles. The number of nitrogens with zero attached hydrogens (tertiary/aromatic N) is 3. The third-order valence-corrected chi connectivity index (χ3v) is 6.20. The molecule has 2 aliphatic rings. The van der Waals surface area contributed by atoms with Gasteiger partial charge in [-0.05, 0) is 49.6 Å². The maximum atomic E-state index is 13.7. The van der Waals surface area contributed by atoms with Crippen LogP contribution in [0.25, 0.3) is 17.0 Å². The van der Waals surface area contributed by atoms with E-state index >= 15 is 0 Å². The molecule has 0 spiro atoms. The van der Waals surface area contributed by atoms with E-state index < -0.39 is 6.04 Å². The monoisotopic (exact) mass is 468 g/mol. The summed E-state index contributed by atoms with van der Waals surface area (Å²) in [6.45, 7) is 2.99. The van der Waals surface area contributed by atoms with Crippen molar-refractivity contribution in [1.29, 1.82) is 0 Å². The van der Waals surface area contributed by atoms with Gasteiger partial charge in [-0.25, -0.2) is 9.18 Å². The van der Waals surface area contributed by atoms with E-state index in [1.165, 1.54) is 12.1 Å². The molecule has 2 amide bonds. The van der Waals surface area contributed by atoms with Gasteiger partial charge in [-0.3, -0.25) is 4.90 Å². The molecule has 0 radical (unpaired) electrons. The minimum absolute atomic E-state index is 0.0235. The van der Waals surface area contributed by atoms with E-state index in [9.17, 15) is 9.18 Å². The fraction of sp³-hybridized carbons (Fsp3) is 0.292. The molecule has 5 rings (SSSR count). The predicted octanol–water partition coefficient (Wildman–Crippen LogP) is 5.21. The van der Waals surface area contributed by atoms with Crippen molar-refractivity contribution in [3.05, 3.63) is 76.5 Å². The first-order chi connectivity index (χ1) is 16.0. The van der Waals surface area contributed by atoms with Crippen LogP contribution in [0.15, 0.2) is 58.8 Å². The SMILES string of the molecule is CC1=C(c2nc(-c3cccc(F)c3)no2)C(c2ccc(Cl)cc2)NC(=O)N1CC1CCCO1. The van der Waals surface area contributed by atoms with Crippen LogP contribution >= 0.6 is 11.6 Å². The van der Waals surface area contributed by atoms with E-state index in [1.54, 1.807) is 29.2 Å². The summed E-state index contributed by atoms with van der Waals surface area (Å²) in [6.07, 6.45) is 1.85. The van der Waals surface area contributed by atoms with E-state index in [1.807, 2.05) is 19.1 Å². The number of hydrogen-bond acceptors (Lipinski definition) is 5. The summed E-state index contributed by atoms with van der Waals surface area (Å²) in [5.41, 5.74) is 2.69. The topological polar surface area (TPSA) is 80.5 Å². The zero-order valence-corrected chi connectivity index (χ0v) is 18.7. The van der Waals surface area contributed by atoms with Gasteiger partial charge in [0.05, 0.1) is 24.3 Å². The van der Waals surface area contributed by atoms with Crippen LogP contribution < -0.4 is 5.32 Å². The smallest absolute Gasteiger partial charge is 0.322 e. The molecule has 2 unspecified atom stereocenters. The first-order valence-corrected chi connectivity index (χ1v) is 11.1. The molecular weight excluding hydrogens is 447 g/mol. The van der Waals surface area contributed by atoms with Crippen molar-refractivity contribution in [3.63, 3.8) is 0 Å². The van der Waals surface area contributed by atoms with Gasteiger partial charge in [0.25, 0.3) is 5.89 Å². The summed E-state index contributed by atoms with van der Waals surface area (Å²) in [5.74, 6) is 0.132. The molecule has 170 valence electrons. The van der Waals surface area contributed by atoms with E-state index in [-0.39, 0.29) is 29.7 Å². The number of carbonyl (C=O) groups excluding carboxylic acids is 1. The van der Waals surface area contributed by atoms with Crippen LogP contribution in [-0.4, -0.2) is 40.3 Å². The van der Waals surface area contributed by atoms with E-state index in [2.05, 4.69) is 15.5 Å². The van der Waals surface area contributed by atoms with Gasteiger partial charge in [0, 0.05) is 22.9 Å². The van der Waals surface area contributed by atoms with Crippen LogP contribution in [0, 0.1) is 5.82 Å². The molecule has 2 atom stereocenters. The molecule has 7 nitrogen and oxygen atoms in total. The second-order valence-corrected chi connectivity index (χ2v) is 8.55. The minimum atomic E-state index is -0.517. The lowest BCUT2D eigenvalue weighted by Gasteiger charge is -2.36. The number of urea groups is 1. The third-order valence-electron chi connectivity index (χ3n) is 5.95. The fourth-order valence-corrected chi connectivity index (χ4v) is 4.38. The third kappa shape index (κ3) is 4.36. The lowest BCUT2D eigenvalue weighted by Crippen LogP contribution is -2.48. The number of halogens is 2. The second kappa shape index (κ2) is 8.96. The molecule has 1 N–H and O–H groups in total. The largest absolute Gasteiger partial charge is 0.376 e. The average molecular weight is 469 g/mol. The molecule has 1 fully saturated rings. The first-order valence-electron chi connectivity index (χ1n) is 10.8. The van der Waals surface area contributed by atoms with Crippen LogP contribution in [0.2, 0.25) is 5.02 Å². The van der Waals surface area contributed by atoms with Gasteiger partial charge >= 0.3 is 6.03 Å². The van der Waals surface area contributed by atoms with Crippen molar-refractivity contribution < 1.29 is 18.4 Å². The second-order valence-electron chi connectivity index (χ2n) is 8.11. The number of benzene rings is 2. The Bertz CT molecular complexity index is 1200. The summed E-state index contributed by atoms with van der Waals surface area (Å²) < 4.78 is 25.1. The van der Waals surface area contributed by atoms with Crippen molar-refractivity contribution in [1.82, 2.24) is 20.4 Å². The number of ether oxygens (including phenoxy) is 1. The Labute approximate surface area is 195 Å². The van der Waals surface area contributed by atoms with Gasteiger partial charge in [0.1, 0.15) is 5.82 Å². The highest BCUT2D eigenvalue weighted by Gasteiger charge is 2.37. The van der Waals surface area contributed by atoms with Crippen LogP contribution in [0.5, 0.6) is 0 Å². The van der Waals surface area contributed by atoms with Gasteiger partial charge in [0.15, 0.2) is 0 Å². The van der Waals surface area contributed by atoms with Crippen LogP contribution in [0.3, 0.4) is 0 Å². The maximum Gasteiger partial charge on any atom is 0.322 e. The highest BCUT2D eigenvalue weighted by atomic mass is 35.5. The zero-order chi connectivity index (χ0) is 22.9. The van der Waals surface area contributed by atoms with Crippen LogP contribution in [-0.2, 0) is 4.74 Å². The van der Waals surface area contributed by atoms with Crippen molar-refractivity contribution in [2.24, 2.45) is 0 Å². The lowest BCUT2D eigenvalue weighted by atomic mass is 9.94. The molecular formula is C24H22ClFN4O3. The quantitative estimate of drug-likeness (QED) is 0.556. The lowest BCUT2D eigenvalue weighted by molar-refractivity contribution is 0.0877. The number of allylic oxidation sites excluding steroid dienone is 1. The minimum Gasteiger partial charge on any atom is -0.376 e. The Morgan fingerprint density at radius 3 is 2.79 bits per heavy atom. The highest BCUT2D eigenvalue weighted by Crippen LogP contribution is 2.38. The first kappa shape index (κ1) is 21.6. The summed E-state index contributed by atoms with van der Waals surface area (Å²) in [6, 6.07) is 12.5. The summed E-state index contributed by atoms with van der Waals surface area (Å²) >= 11 is 6.07. The van der Waals surface area contributed by atoms with Crippen molar-refractivity contribution in [3.8, 4) is 11.4 Å². The van der Waals surface area contributed by atoms with Gasteiger partial charge in [0.2, 0.25) is 5.82 Å². The number of hydrogen-bond donors (Lipinski definition) is 1. The summed E-state index contributed by atoms with van der Waals surface area (Å²) in [7, 11) is 0. The maximum absolute atomic E-state index is 13.7. The fourth-order valence-electron chi connectivity index (χ4n) is 4.25. The van der Waals surface area contributed by atoms with E-state index in [0.29, 0.717) is 35.0 Å². The number of aromatic nitrogens is 2. The normalized spacial score (nSPS) is 20.9. The molecule has 1 saturated heterocycles. The summed E-state index contributed by atoms with van der Waals surface area (Å²) in [4.78, 5) is 19.3. The zero-order valence-electron chi connectivity index (χ0n) is 17.9. The molecule has 0 aliphatic carbocycles. The average Bonchev–Trinajstić information content (AvgIpc) is 3.49. The Kier molecular flexibility index (Phi) is 5.86. The van der Waals surface area contributed by atoms with Crippen molar-refractivity contribution in [2.45, 2.75) is 31.9 Å². The molecule has 1 aromatic heterocycles. The van der Waals surface area contributed by atoms with E-state index in [0.717, 1.165) is 18.4 Å². The number of nitrogens with one attached hydrogen (secondary N) is 1. The Morgan fingerprint density at radius 2 is 2.06 bits per heavy atom. The Hall–Kier alpha value is -3.23. The molecule has 0 saturated carbocycles. The Balaban J connectivity index is 1.57. The van der Waals surface area contributed by atoms with Crippen LogP contribution in [0.4, 0.5) is 9.18 Å². The number of carbonyl (C=O) groups is 1. The van der Waals surface area contributed by atoms with Crippen molar-refractivity contribution >= 4 is 23.2 Å². The van der Waals surface area contributed by atoms with Gasteiger partial charge in [-0.2, -0.15) is 4.98 Å². The van der Waals surface area contributed by atoms with Crippen LogP contribution in [0.1, 0.15) is 37.3 Å². The molecule has 9 heteroatoms. The molecule has 2 aromatic carbocycles. The van der Waals surface area contributed by atoms with E-state index in [4.69, 9.17) is 20.9 Å². The van der Waals surface area contributed by atoms with Gasteiger partial charge in [-0.15, -0.1) is 0 Å². The molecule has 33 heavy (non-hydrogen) atoms. The van der Waals surface area contributed by atoms with Gasteiger partial charge < -0.3 is 14.6 Å². The Morgan fingerprint density at radius 1 is 1.24 bits per heavy atom.